The highest BCUT2D eigenvalue weighted by Crippen LogP contribution is 2.31. The van der Waals surface area contributed by atoms with E-state index in [9.17, 15) is 12.8 Å². The predicted molar refractivity (Wildman–Crippen MR) is 72.9 cm³/mol. The number of aliphatic hydroxyl groups is 1. The maximum atomic E-state index is 13.2. The van der Waals surface area contributed by atoms with Gasteiger partial charge in [0.25, 0.3) is 0 Å². The summed E-state index contributed by atoms with van der Waals surface area (Å²) in [7, 11) is -2.18. The standard InChI is InChI=1S/C14H16FNO3S/c1-16(10-11-4-5-11)20(18,19)14-7-6-13(15)9-12(14)3-2-8-17/h6-7,9,11,17H,4-5,8,10H2,1H3. The van der Waals surface area contributed by atoms with Gasteiger partial charge in [0, 0.05) is 19.2 Å². The van der Waals surface area contributed by atoms with Crippen LogP contribution < -0.4 is 0 Å². The van der Waals surface area contributed by atoms with Crippen LogP contribution in [-0.2, 0) is 10.0 Å². The zero-order valence-electron chi connectivity index (χ0n) is 11.1. The second kappa shape index (κ2) is 5.92. The number of hydrogen-bond donors (Lipinski definition) is 1. The molecule has 1 aromatic carbocycles. The Labute approximate surface area is 118 Å². The molecular weight excluding hydrogens is 281 g/mol. The Morgan fingerprint density at radius 3 is 2.75 bits per heavy atom. The van der Waals surface area contributed by atoms with E-state index < -0.39 is 22.4 Å². The summed E-state index contributed by atoms with van der Waals surface area (Å²) in [6.45, 7) is 0.0560. The number of nitrogens with zero attached hydrogens (tertiary/aromatic N) is 1. The highest BCUT2D eigenvalue weighted by molar-refractivity contribution is 7.89. The second-order valence-corrected chi connectivity index (χ2v) is 6.84. The summed E-state index contributed by atoms with van der Waals surface area (Å²) >= 11 is 0. The zero-order valence-corrected chi connectivity index (χ0v) is 12.0. The molecule has 20 heavy (non-hydrogen) atoms. The summed E-state index contributed by atoms with van der Waals surface area (Å²) in [5, 5.41) is 8.70. The topological polar surface area (TPSA) is 57.6 Å². The molecule has 4 nitrogen and oxygen atoms in total. The number of halogens is 1. The highest BCUT2D eigenvalue weighted by Gasteiger charge is 2.30. The van der Waals surface area contributed by atoms with E-state index in [-0.39, 0.29) is 10.5 Å². The van der Waals surface area contributed by atoms with Gasteiger partial charge in [-0.1, -0.05) is 11.8 Å². The minimum absolute atomic E-state index is 0.0250. The van der Waals surface area contributed by atoms with Gasteiger partial charge in [-0.15, -0.1) is 0 Å². The molecule has 0 aromatic heterocycles. The molecule has 2 rings (SSSR count). The van der Waals surface area contributed by atoms with Crippen molar-refractivity contribution in [3.8, 4) is 11.8 Å². The maximum absolute atomic E-state index is 13.2. The smallest absolute Gasteiger partial charge is 0.244 e. The van der Waals surface area contributed by atoms with Crippen LogP contribution in [0.25, 0.3) is 0 Å². The fraction of sp³-hybridized carbons (Fsp3) is 0.429. The molecule has 1 N–H and O–H groups in total. The molecule has 1 aromatic rings. The average Bonchev–Trinajstić information content (AvgIpc) is 3.20. The van der Waals surface area contributed by atoms with Crippen LogP contribution in [0.5, 0.6) is 0 Å². The predicted octanol–water partition coefficient (Wildman–Crippen LogP) is 1.20. The van der Waals surface area contributed by atoms with Crippen molar-refractivity contribution in [3.63, 3.8) is 0 Å². The molecular formula is C14H16FNO3S. The van der Waals surface area contributed by atoms with E-state index in [1.54, 1.807) is 0 Å². The molecule has 0 heterocycles. The average molecular weight is 297 g/mol. The van der Waals surface area contributed by atoms with Gasteiger partial charge in [-0.3, -0.25) is 0 Å². The zero-order chi connectivity index (χ0) is 14.8. The van der Waals surface area contributed by atoms with Crippen LogP contribution in [-0.4, -0.2) is 38.0 Å². The highest BCUT2D eigenvalue weighted by atomic mass is 32.2. The van der Waals surface area contributed by atoms with E-state index in [0.29, 0.717) is 12.5 Å². The summed E-state index contributed by atoms with van der Waals surface area (Å²) in [5.74, 6) is 4.70. The first-order valence-electron chi connectivity index (χ1n) is 6.31. The van der Waals surface area contributed by atoms with E-state index in [1.165, 1.54) is 17.4 Å². The van der Waals surface area contributed by atoms with Gasteiger partial charge in [-0.25, -0.2) is 17.1 Å². The number of hydrogen-bond acceptors (Lipinski definition) is 3. The number of aliphatic hydroxyl groups excluding tert-OH is 1. The summed E-state index contributed by atoms with van der Waals surface area (Å²) in [6.07, 6.45) is 2.08. The monoisotopic (exact) mass is 297 g/mol. The van der Waals surface area contributed by atoms with E-state index in [4.69, 9.17) is 5.11 Å². The first kappa shape index (κ1) is 15.0. The third kappa shape index (κ3) is 3.37. The van der Waals surface area contributed by atoms with Gasteiger partial charge in [0.15, 0.2) is 0 Å². The van der Waals surface area contributed by atoms with Gasteiger partial charge in [0.2, 0.25) is 10.0 Å². The Morgan fingerprint density at radius 1 is 1.45 bits per heavy atom. The van der Waals surface area contributed by atoms with Gasteiger partial charge >= 0.3 is 0 Å². The third-order valence-corrected chi connectivity index (χ3v) is 5.03. The molecule has 0 unspecified atom stereocenters. The Kier molecular flexibility index (Phi) is 4.43. The van der Waals surface area contributed by atoms with Crippen molar-refractivity contribution in [1.29, 1.82) is 0 Å². The van der Waals surface area contributed by atoms with Gasteiger partial charge in [-0.2, -0.15) is 0 Å². The maximum Gasteiger partial charge on any atom is 0.244 e. The van der Waals surface area contributed by atoms with Gasteiger partial charge in [0.1, 0.15) is 12.4 Å². The van der Waals surface area contributed by atoms with E-state index >= 15 is 0 Å². The Bertz CT molecular complexity index is 657. The Morgan fingerprint density at radius 2 is 2.15 bits per heavy atom. The van der Waals surface area contributed by atoms with Crippen LogP contribution in [0.4, 0.5) is 4.39 Å². The van der Waals surface area contributed by atoms with Crippen molar-refractivity contribution in [2.24, 2.45) is 5.92 Å². The molecule has 1 aliphatic carbocycles. The first-order chi connectivity index (χ1) is 9.45. The molecule has 0 atom stereocenters. The van der Waals surface area contributed by atoms with Crippen LogP contribution >= 0.6 is 0 Å². The summed E-state index contributed by atoms with van der Waals surface area (Å²) in [5.41, 5.74) is 0.0710. The molecule has 0 aliphatic heterocycles. The fourth-order valence-corrected chi connectivity index (χ4v) is 3.26. The van der Waals surface area contributed by atoms with Crippen molar-refractivity contribution < 1.29 is 17.9 Å². The number of rotatable bonds is 4. The van der Waals surface area contributed by atoms with Crippen LogP contribution in [0, 0.1) is 23.6 Å². The lowest BCUT2D eigenvalue weighted by Gasteiger charge is -2.17. The second-order valence-electron chi connectivity index (χ2n) is 4.83. The minimum Gasteiger partial charge on any atom is -0.384 e. The van der Waals surface area contributed by atoms with E-state index in [2.05, 4.69) is 11.8 Å². The molecule has 0 bridgehead atoms. The molecule has 1 saturated carbocycles. The largest absolute Gasteiger partial charge is 0.384 e. The van der Waals surface area contributed by atoms with Crippen LogP contribution in [0.1, 0.15) is 18.4 Å². The van der Waals surface area contributed by atoms with Crippen LogP contribution in [0.2, 0.25) is 0 Å². The van der Waals surface area contributed by atoms with Crippen molar-refractivity contribution >= 4 is 10.0 Å². The first-order valence-corrected chi connectivity index (χ1v) is 7.75. The molecule has 0 radical (unpaired) electrons. The quantitative estimate of drug-likeness (QED) is 0.850. The van der Waals surface area contributed by atoms with E-state index in [0.717, 1.165) is 25.0 Å². The summed E-state index contributed by atoms with van der Waals surface area (Å²) < 4.78 is 39.5. The Hall–Kier alpha value is -1.42. The van der Waals surface area contributed by atoms with Crippen molar-refractivity contribution in [1.82, 2.24) is 4.31 Å². The molecule has 0 amide bonds. The van der Waals surface area contributed by atoms with Crippen LogP contribution in [0.3, 0.4) is 0 Å². The third-order valence-electron chi connectivity index (χ3n) is 3.14. The van der Waals surface area contributed by atoms with Crippen molar-refractivity contribution in [2.75, 3.05) is 20.2 Å². The summed E-state index contributed by atoms with van der Waals surface area (Å²) in [4.78, 5) is -0.0250. The van der Waals surface area contributed by atoms with E-state index in [1.807, 2.05) is 0 Å². The minimum atomic E-state index is -3.69. The van der Waals surface area contributed by atoms with Crippen molar-refractivity contribution in [2.45, 2.75) is 17.7 Å². The fourth-order valence-electron chi connectivity index (χ4n) is 1.89. The lowest BCUT2D eigenvalue weighted by Crippen LogP contribution is -2.29. The molecule has 0 spiro atoms. The molecule has 6 heteroatoms. The molecule has 1 fully saturated rings. The van der Waals surface area contributed by atoms with Crippen LogP contribution in [0.15, 0.2) is 23.1 Å². The Balaban J connectivity index is 2.39. The van der Waals surface area contributed by atoms with Crippen molar-refractivity contribution in [3.05, 3.63) is 29.6 Å². The summed E-state index contributed by atoms with van der Waals surface area (Å²) in [6, 6.07) is 3.39. The number of sulfonamides is 1. The van der Waals surface area contributed by atoms with Gasteiger partial charge in [0.05, 0.1) is 4.90 Å². The molecule has 0 saturated heterocycles. The molecule has 108 valence electrons. The lowest BCUT2D eigenvalue weighted by molar-refractivity contribution is 0.350. The lowest BCUT2D eigenvalue weighted by atomic mass is 10.2. The molecule has 1 aliphatic rings. The number of benzene rings is 1. The normalized spacial score (nSPS) is 15.0. The van der Waals surface area contributed by atoms with Gasteiger partial charge < -0.3 is 5.11 Å². The SMILES string of the molecule is CN(CC1CC1)S(=O)(=O)c1ccc(F)cc1C#CCO. The van der Waals surface area contributed by atoms with Gasteiger partial charge in [-0.05, 0) is 37.0 Å².